The summed E-state index contributed by atoms with van der Waals surface area (Å²) in [6.45, 7) is 5.14. The van der Waals surface area contributed by atoms with Crippen molar-refractivity contribution in [3.63, 3.8) is 0 Å². The number of carbonyl (C=O) groups is 1. The zero-order chi connectivity index (χ0) is 11.3. The molecule has 1 aliphatic carbocycles. The fourth-order valence-electron chi connectivity index (χ4n) is 2.34. The lowest BCUT2D eigenvalue weighted by molar-refractivity contribution is -0.158. The normalized spacial score (nSPS) is 30.3. The SMILES string of the molecule is C#C[C@]1(OC(C)=O)CCCC[C@@H]1CC=C. The smallest absolute Gasteiger partial charge is 0.304 e. The van der Waals surface area contributed by atoms with Crippen LogP contribution in [0.4, 0.5) is 0 Å². The topological polar surface area (TPSA) is 26.3 Å². The monoisotopic (exact) mass is 206 g/mol. The zero-order valence-corrected chi connectivity index (χ0v) is 9.29. The van der Waals surface area contributed by atoms with E-state index >= 15 is 0 Å². The van der Waals surface area contributed by atoms with Gasteiger partial charge in [-0.1, -0.05) is 18.4 Å². The van der Waals surface area contributed by atoms with Gasteiger partial charge in [-0.3, -0.25) is 4.79 Å². The minimum absolute atomic E-state index is 0.234. The van der Waals surface area contributed by atoms with Crippen molar-refractivity contribution in [1.29, 1.82) is 0 Å². The van der Waals surface area contributed by atoms with Crippen molar-refractivity contribution in [1.82, 2.24) is 0 Å². The molecule has 0 amide bonds. The lowest BCUT2D eigenvalue weighted by Gasteiger charge is -2.39. The second-order valence-electron chi connectivity index (χ2n) is 4.09. The first-order valence-corrected chi connectivity index (χ1v) is 5.43. The van der Waals surface area contributed by atoms with E-state index in [4.69, 9.17) is 11.2 Å². The van der Waals surface area contributed by atoms with Crippen LogP contribution in [0.5, 0.6) is 0 Å². The highest BCUT2D eigenvalue weighted by Gasteiger charge is 2.41. The highest BCUT2D eigenvalue weighted by molar-refractivity contribution is 5.67. The molecular weight excluding hydrogens is 188 g/mol. The minimum Gasteiger partial charge on any atom is -0.446 e. The summed E-state index contributed by atoms with van der Waals surface area (Å²) in [4.78, 5) is 11.1. The Morgan fingerprint density at radius 1 is 1.73 bits per heavy atom. The number of carbonyl (C=O) groups excluding carboxylic acids is 1. The van der Waals surface area contributed by atoms with E-state index in [1.165, 1.54) is 6.92 Å². The molecule has 0 unspecified atom stereocenters. The highest BCUT2D eigenvalue weighted by atomic mass is 16.6. The average molecular weight is 206 g/mol. The van der Waals surface area contributed by atoms with Crippen LogP contribution in [0.3, 0.4) is 0 Å². The van der Waals surface area contributed by atoms with Crippen molar-refractivity contribution < 1.29 is 9.53 Å². The van der Waals surface area contributed by atoms with Gasteiger partial charge in [-0.2, -0.15) is 0 Å². The maximum Gasteiger partial charge on any atom is 0.304 e. The molecule has 1 rings (SSSR count). The van der Waals surface area contributed by atoms with Gasteiger partial charge < -0.3 is 4.74 Å². The molecule has 2 heteroatoms. The van der Waals surface area contributed by atoms with Crippen LogP contribution >= 0.6 is 0 Å². The Bertz CT molecular complexity index is 287. The molecule has 0 bridgehead atoms. The molecule has 0 N–H and O–H groups in total. The molecule has 0 aromatic rings. The maximum atomic E-state index is 11.1. The predicted molar refractivity (Wildman–Crippen MR) is 60.1 cm³/mol. The molecule has 1 saturated carbocycles. The van der Waals surface area contributed by atoms with E-state index in [0.29, 0.717) is 0 Å². The molecule has 15 heavy (non-hydrogen) atoms. The molecule has 0 aromatic heterocycles. The van der Waals surface area contributed by atoms with Gasteiger partial charge in [-0.05, 0) is 25.7 Å². The summed E-state index contributed by atoms with van der Waals surface area (Å²) in [7, 11) is 0. The van der Waals surface area contributed by atoms with Crippen LogP contribution in [0, 0.1) is 18.3 Å². The summed E-state index contributed by atoms with van der Waals surface area (Å²) in [5, 5.41) is 0. The fraction of sp³-hybridized carbons (Fsp3) is 0.615. The molecule has 2 atom stereocenters. The summed E-state index contributed by atoms with van der Waals surface area (Å²) < 4.78 is 5.37. The first kappa shape index (κ1) is 11.8. The average Bonchev–Trinajstić information content (AvgIpc) is 2.20. The largest absolute Gasteiger partial charge is 0.446 e. The Labute approximate surface area is 91.7 Å². The quantitative estimate of drug-likeness (QED) is 0.403. The Balaban J connectivity index is 2.85. The van der Waals surface area contributed by atoms with Crippen LogP contribution in [0.15, 0.2) is 12.7 Å². The third-order valence-corrected chi connectivity index (χ3v) is 3.03. The molecule has 0 radical (unpaired) electrons. The first-order chi connectivity index (χ1) is 7.14. The number of rotatable bonds is 3. The second-order valence-corrected chi connectivity index (χ2v) is 4.09. The number of terminal acetylenes is 1. The van der Waals surface area contributed by atoms with Crippen molar-refractivity contribution in [3.8, 4) is 12.3 Å². The minimum atomic E-state index is -0.682. The Morgan fingerprint density at radius 3 is 3.00 bits per heavy atom. The van der Waals surface area contributed by atoms with Crippen LogP contribution in [0.1, 0.15) is 39.0 Å². The van der Waals surface area contributed by atoms with Gasteiger partial charge in [0.05, 0.1) is 0 Å². The van der Waals surface area contributed by atoms with Gasteiger partial charge in [-0.15, -0.1) is 13.0 Å². The van der Waals surface area contributed by atoms with E-state index < -0.39 is 5.60 Å². The van der Waals surface area contributed by atoms with Crippen LogP contribution in [-0.2, 0) is 9.53 Å². The van der Waals surface area contributed by atoms with Crippen molar-refractivity contribution in [2.45, 2.75) is 44.6 Å². The fourth-order valence-corrected chi connectivity index (χ4v) is 2.34. The predicted octanol–water partition coefficient (Wildman–Crippen LogP) is 2.69. The number of hydrogen-bond acceptors (Lipinski definition) is 2. The van der Waals surface area contributed by atoms with Crippen LogP contribution in [0.25, 0.3) is 0 Å². The Morgan fingerprint density at radius 2 is 2.47 bits per heavy atom. The molecule has 0 spiro atoms. The number of esters is 1. The molecule has 0 heterocycles. The summed E-state index contributed by atoms with van der Waals surface area (Å²) in [5.41, 5.74) is -0.682. The zero-order valence-electron chi connectivity index (χ0n) is 9.29. The van der Waals surface area contributed by atoms with Crippen LogP contribution < -0.4 is 0 Å². The van der Waals surface area contributed by atoms with Crippen molar-refractivity contribution in [3.05, 3.63) is 12.7 Å². The summed E-state index contributed by atoms with van der Waals surface area (Å²) in [5.74, 6) is 2.64. The molecule has 1 aliphatic rings. The van der Waals surface area contributed by atoms with Crippen molar-refractivity contribution in [2.75, 3.05) is 0 Å². The Hall–Kier alpha value is -1.23. The first-order valence-electron chi connectivity index (χ1n) is 5.43. The van der Waals surface area contributed by atoms with Gasteiger partial charge in [0.1, 0.15) is 0 Å². The third-order valence-electron chi connectivity index (χ3n) is 3.03. The van der Waals surface area contributed by atoms with Gasteiger partial charge in [0.25, 0.3) is 0 Å². The molecule has 0 saturated heterocycles. The van der Waals surface area contributed by atoms with E-state index in [1.807, 2.05) is 6.08 Å². The molecule has 0 aromatic carbocycles. The summed E-state index contributed by atoms with van der Waals surface area (Å²) >= 11 is 0. The number of allylic oxidation sites excluding steroid dienone is 1. The molecule has 82 valence electrons. The standard InChI is InChI=1S/C13H18O2/c1-4-8-12-9-6-7-10-13(12,5-2)15-11(3)14/h2,4,12H,1,6-10H2,3H3/t12-,13-/m0/s1. The van der Waals surface area contributed by atoms with E-state index in [0.717, 1.165) is 32.1 Å². The van der Waals surface area contributed by atoms with E-state index in [9.17, 15) is 4.79 Å². The Kier molecular flexibility index (Phi) is 3.96. The highest BCUT2D eigenvalue weighted by Crippen LogP contribution is 2.38. The third kappa shape index (κ3) is 2.62. The van der Waals surface area contributed by atoms with Crippen molar-refractivity contribution >= 4 is 5.97 Å². The van der Waals surface area contributed by atoms with Crippen LogP contribution in [0.2, 0.25) is 0 Å². The van der Waals surface area contributed by atoms with Gasteiger partial charge >= 0.3 is 5.97 Å². The van der Waals surface area contributed by atoms with Gasteiger partial charge in [0.15, 0.2) is 5.60 Å². The molecule has 0 aliphatic heterocycles. The van der Waals surface area contributed by atoms with E-state index in [2.05, 4.69) is 12.5 Å². The number of ether oxygens (including phenoxy) is 1. The van der Waals surface area contributed by atoms with E-state index in [-0.39, 0.29) is 11.9 Å². The van der Waals surface area contributed by atoms with Crippen LogP contribution in [-0.4, -0.2) is 11.6 Å². The molecule has 1 fully saturated rings. The van der Waals surface area contributed by atoms with Crippen molar-refractivity contribution in [2.24, 2.45) is 5.92 Å². The van der Waals surface area contributed by atoms with Gasteiger partial charge in [0, 0.05) is 12.8 Å². The van der Waals surface area contributed by atoms with E-state index in [1.54, 1.807) is 0 Å². The maximum absolute atomic E-state index is 11.1. The number of hydrogen-bond donors (Lipinski definition) is 0. The van der Waals surface area contributed by atoms with Gasteiger partial charge in [-0.25, -0.2) is 0 Å². The molecule has 2 nitrogen and oxygen atoms in total. The van der Waals surface area contributed by atoms with Gasteiger partial charge in [0.2, 0.25) is 0 Å². The lowest BCUT2D eigenvalue weighted by atomic mass is 9.74. The second kappa shape index (κ2) is 5.02. The summed E-state index contributed by atoms with van der Waals surface area (Å²) in [6, 6.07) is 0. The lowest BCUT2D eigenvalue weighted by Crippen LogP contribution is -2.43. The molecular formula is C13H18O2. The summed E-state index contributed by atoms with van der Waals surface area (Å²) in [6.07, 6.45) is 12.2.